The van der Waals surface area contributed by atoms with Gasteiger partial charge in [-0.1, -0.05) is 35.0 Å². The van der Waals surface area contributed by atoms with Crippen LogP contribution in [-0.2, 0) is 13.0 Å². The monoisotopic (exact) mass is 319 g/mol. The number of hydrogen-bond acceptors (Lipinski definition) is 2. The molecule has 2 aromatic rings. The first-order chi connectivity index (χ1) is 9.22. The molecule has 0 amide bonds. The van der Waals surface area contributed by atoms with Crippen molar-refractivity contribution in [1.29, 1.82) is 0 Å². The Morgan fingerprint density at radius 1 is 1.11 bits per heavy atom. The Labute approximate surface area is 122 Å². The zero-order valence-electron chi connectivity index (χ0n) is 11.2. The van der Waals surface area contributed by atoms with Crippen molar-refractivity contribution in [2.45, 2.75) is 19.9 Å². The zero-order chi connectivity index (χ0) is 13.7. The van der Waals surface area contributed by atoms with E-state index >= 15 is 0 Å². The van der Waals surface area contributed by atoms with Crippen molar-refractivity contribution >= 4 is 15.9 Å². The Bertz CT molecular complexity index is 537. The first-order valence-electron chi connectivity index (χ1n) is 6.42. The maximum atomic E-state index is 5.96. The van der Waals surface area contributed by atoms with Gasteiger partial charge >= 0.3 is 0 Å². The minimum atomic E-state index is 0.780. The molecule has 0 radical (unpaired) electrons. The molecule has 2 nitrogen and oxygen atoms in total. The topological polar surface area (TPSA) is 21.3 Å². The highest BCUT2D eigenvalue weighted by Gasteiger charge is 2.05. The summed E-state index contributed by atoms with van der Waals surface area (Å²) >= 11 is 3.49. The summed E-state index contributed by atoms with van der Waals surface area (Å²) in [4.78, 5) is 0. The quantitative estimate of drug-likeness (QED) is 0.874. The fraction of sp³-hybridized carbons (Fsp3) is 0.250. The molecule has 0 atom stereocenters. The van der Waals surface area contributed by atoms with E-state index in [1.165, 1.54) is 5.56 Å². The van der Waals surface area contributed by atoms with Gasteiger partial charge in [-0.3, -0.25) is 0 Å². The number of aryl methyl sites for hydroxylation is 1. The Kier molecular flexibility index (Phi) is 5.00. The van der Waals surface area contributed by atoms with Gasteiger partial charge in [0.15, 0.2) is 0 Å². The molecule has 0 fully saturated rings. The minimum absolute atomic E-state index is 0.780. The molecule has 1 N–H and O–H groups in total. The van der Waals surface area contributed by atoms with Crippen molar-refractivity contribution in [1.82, 2.24) is 5.32 Å². The predicted octanol–water partition coefficient (Wildman–Crippen LogP) is 4.52. The summed E-state index contributed by atoms with van der Waals surface area (Å²) in [5.41, 5.74) is 2.45. The summed E-state index contributed by atoms with van der Waals surface area (Å²) < 4.78 is 7.02. The van der Waals surface area contributed by atoms with Gasteiger partial charge in [0.1, 0.15) is 11.5 Å². The average molecular weight is 320 g/mol. The molecular weight excluding hydrogens is 302 g/mol. The molecule has 0 bridgehead atoms. The second-order valence-electron chi connectivity index (χ2n) is 4.38. The molecule has 0 unspecified atom stereocenters. The van der Waals surface area contributed by atoms with Crippen molar-refractivity contribution in [2.75, 3.05) is 7.05 Å². The lowest BCUT2D eigenvalue weighted by molar-refractivity contribution is 0.474. The highest BCUT2D eigenvalue weighted by atomic mass is 79.9. The molecule has 0 aliphatic carbocycles. The van der Waals surface area contributed by atoms with Crippen LogP contribution in [0.3, 0.4) is 0 Å². The molecule has 0 aliphatic rings. The summed E-state index contributed by atoms with van der Waals surface area (Å²) in [7, 11) is 1.93. The van der Waals surface area contributed by atoms with E-state index in [0.29, 0.717) is 0 Å². The van der Waals surface area contributed by atoms with E-state index in [1.807, 2.05) is 31.3 Å². The molecule has 3 heteroatoms. The summed E-state index contributed by atoms with van der Waals surface area (Å²) in [6.07, 6.45) is 1.05. The van der Waals surface area contributed by atoms with Gasteiger partial charge in [0.25, 0.3) is 0 Å². The summed E-state index contributed by atoms with van der Waals surface area (Å²) in [6.45, 7) is 2.93. The number of nitrogens with one attached hydrogen (secondary N) is 1. The van der Waals surface area contributed by atoms with Crippen LogP contribution < -0.4 is 10.1 Å². The standard InChI is InChI=1S/C16H18BrNO/c1-3-12-4-7-15(8-5-12)19-16-9-6-14(17)10-13(16)11-18-2/h4-10,18H,3,11H2,1-2H3. The Balaban J connectivity index is 2.21. The SMILES string of the molecule is CCc1ccc(Oc2ccc(Br)cc2CNC)cc1. The predicted molar refractivity (Wildman–Crippen MR) is 82.8 cm³/mol. The summed E-state index contributed by atoms with van der Waals surface area (Å²) in [5, 5.41) is 3.15. The van der Waals surface area contributed by atoms with Gasteiger partial charge in [0.2, 0.25) is 0 Å². The molecule has 0 saturated carbocycles. The lowest BCUT2D eigenvalue weighted by atomic mass is 10.1. The lowest BCUT2D eigenvalue weighted by Crippen LogP contribution is -2.06. The highest BCUT2D eigenvalue weighted by Crippen LogP contribution is 2.28. The van der Waals surface area contributed by atoms with E-state index in [4.69, 9.17) is 4.74 Å². The van der Waals surface area contributed by atoms with Gasteiger partial charge in [-0.05, 0) is 49.4 Å². The number of hydrogen-bond donors (Lipinski definition) is 1. The number of halogens is 1. The van der Waals surface area contributed by atoms with E-state index < -0.39 is 0 Å². The largest absolute Gasteiger partial charge is 0.457 e. The fourth-order valence-corrected chi connectivity index (χ4v) is 2.30. The van der Waals surface area contributed by atoms with Gasteiger partial charge in [0.05, 0.1) is 0 Å². The second-order valence-corrected chi connectivity index (χ2v) is 5.30. The van der Waals surface area contributed by atoms with Gasteiger partial charge in [-0.25, -0.2) is 0 Å². The van der Waals surface area contributed by atoms with Crippen molar-refractivity contribution in [3.63, 3.8) is 0 Å². The van der Waals surface area contributed by atoms with Crippen molar-refractivity contribution in [2.24, 2.45) is 0 Å². The van der Waals surface area contributed by atoms with E-state index in [2.05, 4.69) is 46.4 Å². The van der Waals surface area contributed by atoms with Crippen LogP contribution in [0.1, 0.15) is 18.1 Å². The first kappa shape index (κ1) is 14.1. The van der Waals surface area contributed by atoms with Gasteiger partial charge in [-0.15, -0.1) is 0 Å². The van der Waals surface area contributed by atoms with Crippen LogP contribution in [-0.4, -0.2) is 7.05 Å². The number of ether oxygens (including phenoxy) is 1. The van der Waals surface area contributed by atoms with Crippen molar-refractivity contribution in [3.05, 3.63) is 58.1 Å². The second kappa shape index (κ2) is 6.73. The van der Waals surface area contributed by atoms with Crippen molar-refractivity contribution < 1.29 is 4.74 Å². The normalized spacial score (nSPS) is 10.5. The maximum absolute atomic E-state index is 5.96. The molecule has 0 spiro atoms. The molecule has 2 aromatic carbocycles. The van der Waals surface area contributed by atoms with Crippen molar-refractivity contribution in [3.8, 4) is 11.5 Å². The van der Waals surface area contributed by atoms with Crippen LogP contribution in [0, 0.1) is 0 Å². The number of rotatable bonds is 5. The molecule has 0 heterocycles. The summed E-state index contributed by atoms with van der Waals surface area (Å²) in [5.74, 6) is 1.76. The Morgan fingerprint density at radius 2 is 1.84 bits per heavy atom. The first-order valence-corrected chi connectivity index (χ1v) is 7.22. The Hall–Kier alpha value is -1.32. The maximum Gasteiger partial charge on any atom is 0.131 e. The minimum Gasteiger partial charge on any atom is -0.457 e. The molecular formula is C16H18BrNO. The fourth-order valence-electron chi connectivity index (χ4n) is 1.90. The smallest absolute Gasteiger partial charge is 0.131 e. The van der Waals surface area contributed by atoms with Crippen LogP contribution in [0.5, 0.6) is 11.5 Å². The third kappa shape index (κ3) is 3.82. The third-order valence-electron chi connectivity index (χ3n) is 2.95. The van der Waals surface area contributed by atoms with Crippen LogP contribution in [0.4, 0.5) is 0 Å². The van der Waals surface area contributed by atoms with Gasteiger partial charge in [-0.2, -0.15) is 0 Å². The average Bonchev–Trinajstić information content (AvgIpc) is 2.43. The van der Waals surface area contributed by atoms with Crippen LogP contribution in [0.25, 0.3) is 0 Å². The molecule has 2 rings (SSSR count). The van der Waals surface area contributed by atoms with Gasteiger partial charge in [0, 0.05) is 16.6 Å². The van der Waals surface area contributed by atoms with E-state index in [-0.39, 0.29) is 0 Å². The zero-order valence-corrected chi connectivity index (χ0v) is 12.8. The highest BCUT2D eigenvalue weighted by molar-refractivity contribution is 9.10. The lowest BCUT2D eigenvalue weighted by Gasteiger charge is -2.12. The van der Waals surface area contributed by atoms with E-state index in [9.17, 15) is 0 Å². The molecule has 100 valence electrons. The molecule has 19 heavy (non-hydrogen) atoms. The molecule has 0 aliphatic heterocycles. The van der Waals surface area contributed by atoms with Gasteiger partial charge < -0.3 is 10.1 Å². The number of benzene rings is 2. The van der Waals surface area contributed by atoms with E-state index in [0.717, 1.165) is 34.5 Å². The van der Waals surface area contributed by atoms with Crippen LogP contribution in [0.2, 0.25) is 0 Å². The summed E-state index contributed by atoms with van der Waals surface area (Å²) in [6, 6.07) is 14.3. The van der Waals surface area contributed by atoms with E-state index in [1.54, 1.807) is 0 Å². The van der Waals surface area contributed by atoms with Crippen LogP contribution >= 0.6 is 15.9 Å². The van der Waals surface area contributed by atoms with Crippen LogP contribution in [0.15, 0.2) is 46.9 Å². The third-order valence-corrected chi connectivity index (χ3v) is 3.44. The molecule has 0 saturated heterocycles. The Morgan fingerprint density at radius 3 is 2.47 bits per heavy atom. The molecule has 0 aromatic heterocycles.